The number of benzene rings is 1. The van der Waals surface area contributed by atoms with Crippen LogP contribution in [-0.4, -0.2) is 18.6 Å². The van der Waals surface area contributed by atoms with Gasteiger partial charge in [-0.15, -0.1) is 0 Å². The largest absolute Gasteiger partial charge is 0.369 e. The van der Waals surface area contributed by atoms with Crippen molar-refractivity contribution in [2.45, 2.75) is 46.3 Å². The minimum Gasteiger partial charge on any atom is -0.369 e. The molecule has 0 fully saturated rings. The van der Waals surface area contributed by atoms with Crippen molar-refractivity contribution < 1.29 is 9.53 Å². The number of carbonyl (C=O) groups is 1. The first-order valence-corrected chi connectivity index (χ1v) is 6.46. The van der Waals surface area contributed by atoms with Gasteiger partial charge in [-0.1, -0.05) is 38.1 Å². The van der Waals surface area contributed by atoms with Crippen LogP contribution in [0.25, 0.3) is 0 Å². The number of hydrogen-bond acceptors (Lipinski definition) is 2. The van der Waals surface area contributed by atoms with Gasteiger partial charge in [-0.05, 0) is 30.9 Å². The third-order valence-corrected chi connectivity index (χ3v) is 2.68. The molecule has 0 aliphatic heterocycles. The Kier molecular flexibility index (Phi) is 5.86. The Labute approximate surface area is 110 Å². The van der Waals surface area contributed by atoms with E-state index < -0.39 is 0 Å². The Morgan fingerprint density at radius 1 is 1.17 bits per heavy atom. The van der Waals surface area contributed by atoms with Gasteiger partial charge in [-0.2, -0.15) is 0 Å². The SMILES string of the molecule is CC(C)OCC(=O)NCc1ccc(C(C)C)cc1. The van der Waals surface area contributed by atoms with Crippen molar-refractivity contribution in [1.82, 2.24) is 5.32 Å². The Morgan fingerprint density at radius 2 is 1.78 bits per heavy atom. The van der Waals surface area contributed by atoms with E-state index in [-0.39, 0.29) is 18.6 Å². The van der Waals surface area contributed by atoms with E-state index >= 15 is 0 Å². The van der Waals surface area contributed by atoms with Gasteiger partial charge >= 0.3 is 0 Å². The molecule has 3 heteroatoms. The smallest absolute Gasteiger partial charge is 0.246 e. The molecule has 3 nitrogen and oxygen atoms in total. The summed E-state index contributed by atoms with van der Waals surface area (Å²) in [5, 5.41) is 2.84. The lowest BCUT2D eigenvalue weighted by molar-refractivity contribution is -0.127. The molecular formula is C15H23NO2. The maximum Gasteiger partial charge on any atom is 0.246 e. The number of amides is 1. The third-order valence-electron chi connectivity index (χ3n) is 2.68. The van der Waals surface area contributed by atoms with Gasteiger partial charge in [0.15, 0.2) is 0 Å². The summed E-state index contributed by atoms with van der Waals surface area (Å²) >= 11 is 0. The Bertz CT molecular complexity index is 369. The highest BCUT2D eigenvalue weighted by atomic mass is 16.5. The number of rotatable bonds is 6. The van der Waals surface area contributed by atoms with Crippen molar-refractivity contribution in [1.29, 1.82) is 0 Å². The highest BCUT2D eigenvalue weighted by Gasteiger charge is 2.03. The standard InChI is InChI=1S/C15H23NO2/c1-11(2)14-7-5-13(6-8-14)9-16-15(17)10-18-12(3)4/h5-8,11-12H,9-10H2,1-4H3,(H,16,17). The van der Waals surface area contributed by atoms with Gasteiger partial charge in [0.2, 0.25) is 5.91 Å². The molecule has 1 rings (SSSR count). The molecule has 0 heterocycles. The highest BCUT2D eigenvalue weighted by molar-refractivity contribution is 5.77. The van der Waals surface area contributed by atoms with E-state index in [1.165, 1.54) is 5.56 Å². The summed E-state index contributed by atoms with van der Waals surface area (Å²) in [6, 6.07) is 8.32. The number of hydrogen-bond donors (Lipinski definition) is 1. The van der Waals surface area contributed by atoms with Gasteiger partial charge < -0.3 is 10.1 Å². The first kappa shape index (κ1) is 14.7. The van der Waals surface area contributed by atoms with Crippen LogP contribution in [0.1, 0.15) is 44.7 Å². The van der Waals surface area contributed by atoms with E-state index in [4.69, 9.17) is 4.74 Å². The van der Waals surface area contributed by atoms with Crippen molar-refractivity contribution in [3.63, 3.8) is 0 Å². The molecule has 100 valence electrons. The zero-order valence-corrected chi connectivity index (χ0v) is 11.7. The zero-order valence-electron chi connectivity index (χ0n) is 11.7. The summed E-state index contributed by atoms with van der Waals surface area (Å²) < 4.78 is 5.23. The molecule has 1 aromatic rings. The quantitative estimate of drug-likeness (QED) is 0.842. The van der Waals surface area contributed by atoms with Crippen LogP contribution in [0, 0.1) is 0 Å². The lowest BCUT2D eigenvalue weighted by Gasteiger charge is -2.09. The monoisotopic (exact) mass is 249 g/mol. The first-order chi connectivity index (χ1) is 8.49. The van der Waals surface area contributed by atoms with Crippen LogP contribution in [-0.2, 0) is 16.1 Å². The van der Waals surface area contributed by atoms with E-state index in [1.807, 2.05) is 13.8 Å². The van der Waals surface area contributed by atoms with E-state index in [0.717, 1.165) is 5.56 Å². The summed E-state index contributed by atoms with van der Waals surface area (Å²) in [6.07, 6.45) is 0.0843. The van der Waals surface area contributed by atoms with Crippen LogP contribution in [0.2, 0.25) is 0 Å². The third kappa shape index (κ3) is 5.32. The van der Waals surface area contributed by atoms with Gasteiger partial charge in [-0.3, -0.25) is 4.79 Å². The lowest BCUT2D eigenvalue weighted by Crippen LogP contribution is -2.28. The van der Waals surface area contributed by atoms with Crippen molar-refractivity contribution >= 4 is 5.91 Å². The summed E-state index contributed by atoms with van der Waals surface area (Å²) in [4.78, 5) is 11.5. The fraction of sp³-hybridized carbons (Fsp3) is 0.533. The predicted octanol–water partition coefficient (Wildman–Crippen LogP) is 2.85. The lowest BCUT2D eigenvalue weighted by atomic mass is 10.0. The van der Waals surface area contributed by atoms with Gasteiger partial charge in [0.25, 0.3) is 0 Å². The van der Waals surface area contributed by atoms with Gasteiger partial charge in [0.1, 0.15) is 6.61 Å². The second kappa shape index (κ2) is 7.17. The summed E-state index contributed by atoms with van der Waals surface area (Å²) in [5.74, 6) is 0.463. The molecule has 0 aliphatic rings. The normalized spacial score (nSPS) is 11.0. The summed E-state index contributed by atoms with van der Waals surface area (Å²) in [5.41, 5.74) is 2.42. The van der Waals surface area contributed by atoms with E-state index in [0.29, 0.717) is 12.5 Å². The molecule has 18 heavy (non-hydrogen) atoms. The fourth-order valence-electron chi connectivity index (χ4n) is 1.51. The summed E-state index contributed by atoms with van der Waals surface area (Å²) in [7, 11) is 0. The minimum atomic E-state index is -0.0726. The molecular weight excluding hydrogens is 226 g/mol. The molecule has 0 atom stereocenters. The number of nitrogens with one attached hydrogen (secondary N) is 1. The second-order valence-corrected chi connectivity index (χ2v) is 5.03. The number of carbonyl (C=O) groups excluding carboxylic acids is 1. The van der Waals surface area contributed by atoms with E-state index in [1.54, 1.807) is 0 Å². The molecule has 0 aromatic heterocycles. The molecule has 0 saturated heterocycles. The Hall–Kier alpha value is -1.35. The highest BCUT2D eigenvalue weighted by Crippen LogP contribution is 2.14. The molecule has 0 unspecified atom stereocenters. The maximum atomic E-state index is 11.5. The average molecular weight is 249 g/mol. The van der Waals surface area contributed by atoms with Crippen LogP contribution in [0.15, 0.2) is 24.3 Å². The Balaban J connectivity index is 2.37. The van der Waals surface area contributed by atoms with Gasteiger partial charge in [-0.25, -0.2) is 0 Å². The van der Waals surface area contributed by atoms with Crippen molar-refractivity contribution in [2.24, 2.45) is 0 Å². The molecule has 0 bridgehead atoms. The van der Waals surface area contributed by atoms with Crippen molar-refractivity contribution in [2.75, 3.05) is 6.61 Å². The molecule has 1 aromatic carbocycles. The Morgan fingerprint density at radius 3 is 2.28 bits per heavy atom. The van der Waals surface area contributed by atoms with Crippen molar-refractivity contribution in [3.8, 4) is 0 Å². The number of ether oxygens (including phenoxy) is 1. The molecule has 0 aliphatic carbocycles. The van der Waals surface area contributed by atoms with Gasteiger partial charge in [0, 0.05) is 6.54 Å². The molecule has 0 spiro atoms. The zero-order chi connectivity index (χ0) is 13.5. The predicted molar refractivity (Wildman–Crippen MR) is 73.5 cm³/mol. The summed E-state index contributed by atoms with van der Waals surface area (Å²) in [6.45, 7) is 8.84. The van der Waals surface area contributed by atoms with Crippen LogP contribution in [0.5, 0.6) is 0 Å². The minimum absolute atomic E-state index is 0.0726. The van der Waals surface area contributed by atoms with Crippen LogP contribution < -0.4 is 5.32 Å². The first-order valence-electron chi connectivity index (χ1n) is 6.46. The molecule has 1 amide bonds. The van der Waals surface area contributed by atoms with E-state index in [9.17, 15) is 4.79 Å². The van der Waals surface area contributed by atoms with Crippen LogP contribution in [0.4, 0.5) is 0 Å². The second-order valence-electron chi connectivity index (χ2n) is 5.03. The molecule has 1 N–H and O–H groups in total. The van der Waals surface area contributed by atoms with Crippen LogP contribution in [0.3, 0.4) is 0 Å². The average Bonchev–Trinajstić information content (AvgIpc) is 2.34. The topological polar surface area (TPSA) is 38.3 Å². The fourth-order valence-corrected chi connectivity index (χ4v) is 1.51. The van der Waals surface area contributed by atoms with Crippen molar-refractivity contribution in [3.05, 3.63) is 35.4 Å². The van der Waals surface area contributed by atoms with Crippen LogP contribution >= 0.6 is 0 Å². The maximum absolute atomic E-state index is 11.5. The molecule has 0 saturated carbocycles. The molecule has 0 radical (unpaired) electrons. The van der Waals surface area contributed by atoms with E-state index in [2.05, 4.69) is 43.4 Å². The van der Waals surface area contributed by atoms with Gasteiger partial charge in [0.05, 0.1) is 6.10 Å².